The van der Waals surface area contributed by atoms with Gasteiger partial charge in [-0.05, 0) is 11.5 Å². The third-order valence-corrected chi connectivity index (χ3v) is 1.45. The van der Waals surface area contributed by atoms with Crippen molar-refractivity contribution in [2.75, 3.05) is 0 Å². The zero-order chi connectivity index (χ0) is 7.56. The third kappa shape index (κ3) is 3.53. The van der Waals surface area contributed by atoms with Crippen molar-refractivity contribution in [1.29, 1.82) is 0 Å². The SMILES string of the molecule is CC(C)c1ccc([NH-])nc1.[Ac]. The first-order valence-electron chi connectivity index (χ1n) is 3.37. The largest absolute Gasteiger partial charge is 0.482 e. The molecule has 1 heterocycles. The van der Waals surface area contributed by atoms with Crippen molar-refractivity contribution in [2.24, 2.45) is 0 Å². The Hall–Kier alpha value is 0.392. The summed E-state index contributed by atoms with van der Waals surface area (Å²) in [6.07, 6.45) is 1.76. The van der Waals surface area contributed by atoms with Crippen LogP contribution in [-0.4, -0.2) is 4.98 Å². The number of hydrogen-bond donors (Lipinski definition) is 0. The minimum atomic E-state index is 0. The van der Waals surface area contributed by atoms with Crippen LogP contribution in [0.4, 0.5) is 5.82 Å². The first-order valence-corrected chi connectivity index (χ1v) is 3.37. The van der Waals surface area contributed by atoms with Gasteiger partial charge >= 0.3 is 0 Å². The van der Waals surface area contributed by atoms with Crippen LogP contribution >= 0.6 is 0 Å². The minimum absolute atomic E-state index is 0. The Bertz CT molecular complexity index is 206. The minimum Gasteiger partial charge on any atom is -0.482 e. The molecule has 1 aromatic heterocycles. The standard InChI is InChI=1S/C8H11N2.Ac/c1-6(2)7-3-4-8(9)10-5-7;/h3-6H,1-2H3,(H-,9,10);/q-1;. The van der Waals surface area contributed by atoms with Crippen molar-refractivity contribution < 1.29 is 44.1 Å². The van der Waals surface area contributed by atoms with Crippen LogP contribution in [0.1, 0.15) is 25.3 Å². The average molecular weight is 362 g/mol. The Morgan fingerprint density at radius 3 is 2.36 bits per heavy atom. The van der Waals surface area contributed by atoms with E-state index in [0.717, 1.165) is 0 Å². The number of pyridine rings is 1. The Morgan fingerprint density at radius 1 is 1.36 bits per heavy atom. The molecule has 0 aliphatic carbocycles. The molecule has 1 aromatic rings. The number of nitrogens with zero attached hydrogens (tertiary/aromatic N) is 1. The van der Waals surface area contributed by atoms with Crippen molar-refractivity contribution in [3.8, 4) is 0 Å². The molecule has 0 saturated carbocycles. The molecule has 57 valence electrons. The van der Waals surface area contributed by atoms with Crippen LogP contribution < -0.4 is 0 Å². The smallest absolute Gasteiger partial charge is 0 e. The Morgan fingerprint density at radius 2 is 2.00 bits per heavy atom. The number of rotatable bonds is 1. The summed E-state index contributed by atoms with van der Waals surface area (Å²) < 4.78 is 0. The van der Waals surface area contributed by atoms with Gasteiger partial charge in [0.1, 0.15) is 0 Å². The van der Waals surface area contributed by atoms with Crippen LogP contribution in [-0.2, 0) is 0 Å². The summed E-state index contributed by atoms with van der Waals surface area (Å²) in [6, 6.07) is 3.66. The molecule has 0 bridgehead atoms. The zero-order valence-electron chi connectivity index (χ0n) is 6.83. The number of aromatic nitrogens is 1. The molecule has 0 aromatic carbocycles. The van der Waals surface area contributed by atoms with E-state index in [1.54, 1.807) is 12.3 Å². The Labute approximate surface area is 103 Å². The molecule has 3 heteroatoms. The molecule has 1 N–H and O–H groups in total. The van der Waals surface area contributed by atoms with E-state index >= 15 is 0 Å². The summed E-state index contributed by atoms with van der Waals surface area (Å²) in [4.78, 5) is 3.87. The van der Waals surface area contributed by atoms with Crippen molar-refractivity contribution in [1.82, 2.24) is 4.98 Å². The van der Waals surface area contributed by atoms with Crippen molar-refractivity contribution in [2.45, 2.75) is 19.8 Å². The molecule has 2 nitrogen and oxygen atoms in total. The molecule has 1 rings (SSSR count). The van der Waals surface area contributed by atoms with Crippen LogP contribution in [0.2, 0.25) is 0 Å². The van der Waals surface area contributed by atoms with Crippen LogP contribution in [0.25, 0.3) is 5.73 Å². The summed E-state index contributed by atoms with van der Waals surface area (Å²) in [5.74, 6) is 0.845. The molecule has 0 fully saturated rings. The first-order chi connectivity index (χ1) is 4.70. The normalized spacial score (nSPS) is 9.36. The molecule has 0 aliphatic heterocycles. The monoisotopic (exact) mass is 362 g/mol. The van der Waals surface area contributed by atoms with Gasteiger partial charge in [-0.2, -0.15) is 0 Å². The van der Waals surface area contributed by atoms with Gasteiger partial charge in [-0.1, -0.05) is 38.0 Å². The van der Waals surface area contributed by atoms with Gasteiger partial charge in [0.05, 0.1) is 0 Å². The van der Waals surface area contributed by atoms with Gasteiger partial charge in [0.25, 0.3) is 0 Å². The van der Waals surface area contributed by atoms with E-state index in [4.69, 9.17) is 5.73 Å². The fourth-order valence-electron chi connectivity index (χ4n) is 0.747. The van der Waals surface area contributed by atoms with E-state index in [1.807, 2.05) is 6.07 Å². The molecule has 0 aliphatic rings. The van der Waals surface area contributed by atoms with Crippen LogP contribution in [0.15, 0.2) is 18.3 Å². The van der Waals surface area contributed by atoms with Crippen LogP contribution in [0.5, 0.6) is 0 Å². The van der Waals surface area contributed by atoms with E-state index in [1.165, 1.54) is 5.56 Å². The molecular weight excluding hydrogens is 351 g/mol. The van der Waals surface area contributed by atoms with E-state index in [0.29, 0.717) is 11.7 Å². The van der Waals surface area contributed by atoms with Crippen molar-refractivity contribution >= 4 is 5.82 Å². The van der Waals surface area contributed by atoms with E-state index in [9.17, 15) is 0 Å². The second-order valence-corrected chi connectivity index (χ2v) is 2.63. The fraction of sp³-hybridized carbons (Fsp3) is 0.375. The van der Waals surface area contributed by atoms with Gasteiger partial charge in [0.2, 0.25) is 0 Å². The second-order valence-electron chi connectivity index (χ2n) is 2.63. The maximum Gasteiger partial charge on any atom is 0 e. The maximum atomic E-state index is 7.12. The predicted molar refractivity (Wildman–Crippen MR) is 42.3 cm³/mol. The fourth-order valence-corrected chi connectivity index (χ4v) is 0.747. The number of nitrogens with one attached hydrogen (secondary N) is 1. The maximum absolute atomic E-state index is 7.12. The van der Waals surface area contributed by atoms with Crippen molar-refractivity contribution in [3.63, 3.8) is 0 Å². The molecule has 1 radical (unpaired) electrons. The molecule has 0 spiro atoms. The Balaban J connectivity index is 0.000001000. The van der Waals surface area contributed by atoms with Crippen LogP contribution in [0, 0.1) is 44.1 Å². The third-order valence-electron chi connectivity index (χ3n) is 1.45. The second kappa shape index (κ2) is 5.11. The summed E-state index contributed by atoms with van der Waals surface area (Å²) >= 11 is 0. The van der Waals surface area contributed by atoms with E-state index < -0.39 is 0 Å². The molecule has 0 saturated heterocycles. The topological polar surface area (TPSA) is 36.7 Å². The molecule has 0 amide bonds. The van der Waals surface area contributed by atoms with E-state index in [2.05, 4.69) is 18.8 Å². The Kier molecular flexibility index (Phi) is 5.29. The summed E-state index contributed by atoms with van der Waals surface area (Å²) in [7, 11) is 0. The van der Waals surface area contributed by atoms with Gasteiger partial charge < -0.3 is 10.7 Å². The molecule has 11 heavy (non-hydrogen) atoms. The predicted octanol–water partition coefficient (Wildman–Crippen LogP) is 2.89. The zero-order valence-corrected chi connectivity index (χ0v) is 11.6. The molecule has 0 atom stereocenters. The van der Waals surface area contributed by atoms with Gasteiger partial charge in [-0.15, -0.1) is 0 Å². The molecular formula is C8H11AcN2-. The van der Waals surface area contributed by atoms with Gasteiger partial charge in [0, 0.05) is 44.1 Å². The molecule has 0 unspecified atom stereocenters. The van der Waals surface area contributed by atoms with Crippen molar-refractivity contribution in [3.05, 3.63) is 29.6 Å². The first kappa shape index (κ1) is 11.4. The van der Waals surface area contributed by atoms with Gasteiger partial charge in [0.15, 0.2) is 0 Å². The summed E-state index contributed by atoms with van der Waals surface area (Å²) in [6.45, 7) is 4.22. The number of hydrogen-bond acceptors (Lipinski definition) is 1. The average Bonchev–Trinajstić information content (AvgIpc) is 1.88. The van der Waals surface area contributed by atoms with E-state index in [-0.39, 0.29) is 44.1 Å². The summed E-state index contributed by atoms with van der Waals surface area (Å²) in [5.41, 5.74) is 8.31. The van der Waals surface area contributed by atoms with Crippen LogP contribution in [0.3, 0.4) is 0 Å². The van der Waals surface area contributed by atoms with Gasteiger partial charge in [-0.3, -0.25) is 0 Å². The summed E-state index contributed by atoms with van der Waals surface area (Å²) in [5, 5.41) is 0. The van der Waals surface area contributed by atoms with Gasteiger partial charge in [-0.25, -0.2) is 0 Å². The quantitative estimate of drug-likeness (QED) is 0.757.